The largest absolute Gasteiger partial charge is 0.337 e. The zero-order chi connectivity index (χ0) is 18.5. The molecule has 7 heteroatoms. The molecule has 1 saturated heterocycles. The minimum atomic E-state index is -0.154. The number of hydrogen-bond acceptors (Lipinski definition) is 5. The molecule has 27 heavy (non-hydrogen) atoms. The zero-order valence-corrected chi connectivity index (χ0v) is 15.6. The molecule has 2 aromatic rings. The summed E-state index contributed by atoms with van der Waals surface area (Å²) in [4.78, 5) is 23.5. The summed E-state index contributed by atoms with van der Waals surface area (Å²) in [5.41, 5.74) is 0.867. The van der Waals surface area contributed by atoms with Crippen molar-refractivity contribution in [1.29, 1.82) is 0 Å². The van der Waals surface area contributed by atoms with E-state index in [1.54, 1.807) is 12.4 Å². The Morgan fingerprint density at radius 3 is 2.59 bits per heavy atom. The Hall–Kier alpha value is -2.44. The van der Waals surface area contributed by atoms with Gasteiger partial charge in [0.25, 0.3) is 0 Å². The van der Waals surface area contributed by atoms with Crippen LogP contribution in [0.25, 0.3) is 11.4 Å². The Bertz CT molecular complexity index is 742. The van der Waals surface area contributed by atoms with E-state index >= 15 is 0 Å². The van der Waals surface area contributed by atoms with Gasteiger partial charge in [-0.15, -0.1) is 0 Å². The van der Waals surface area contributed by atoms with E-state index in [9.17, 15) is 4.79 Å². The van der Waals surface area contributed by atoms with Gasteiger partial charge in [-0.25, -0.2) is 4.79 Å². The van der Waals surface area contributed by atoms with E-state index in [0.717, 1.165) is 50.6 Å². The number of hydrogen-bond donors (Lipinski definition) is 1. The predicted octanol–water partition coefficient (Wildman–Crippen LogP) is 4.09. The highest BCUT2D eigenvalue weighted by Crippen LogP contribution is 2.31. The van der Waals surface area contributed by atoms with Gasteiger partial charge < -0.3 is 14.7 Å². The highest BCUT2D eigenvalue weighted by molar-refractivity contribution is 5.75. The van der Waals surface area contributed by atoms with Crippen molar-refractivity contribution in [2.75, 3.05) is 6.54 Å². The summed E-state index contributed by atoms with van der Waals surface area (Å²) < 4.78 is 5.58. The molecule has 2 fully saturated rings. The Kier molecular flexibility index (Phi) is 5.65. The number of urea groups is 1. The molecule has 0 radical (unpaired) electrons. The van der Waals surface area contributed by atoms with E-state index in [2.05, 4.69) is 20.4 Å². The maximum absolute atomic E-state index is 13.0. The number of aromatic nitrogens is 3. The molecule has 2 aromatic heterocycles. The SMILES string of the molecule is O=C(NC1CCCCC1)N1CCCCCC1c1nc(-c2ccncc2)no1. The summed E-state index contributed by atoms with van der Waals surface area (Å²) in [5.74, 6) is 1.08. The first-order valence-electron chi connectivity index (χ1n) is 10.1. The third-order valence-electron chi connectivity index (χ3n) is 5.61. The van der Waals surface area contributed by atoms with Gasteiger partial charge in [0, 0.05) is 30.5 Å². The summed E-state index contributed by atoms with van der Waals surface area (Å²) in [7, 11) is 0. The summed E-state index contributed by atoms with van der Waals surface area (Å²) in [5, 5.41) is 7.37. The Morgan fingerprint density at radius 2 is 1.78 bits per heavy atom. The first-order valence-corrected chi connectivity index (χ1v) is 10.1. The number of carbonyl (C=O) groups is 1. The van der Waals surface area contributed by atoms with E-state index in [0.29, 0.717) is 17.8 Å². The summed E-state index contributed by atoms with van der Waals surface area (Å²) >= 11 is 0. The number of nitrogens with one attached hydrogen (secondary N) is 1. The molecule has 4 rings (SSSR count). The first kappa shape index (κ1) is 17.9. The highest BCUT2D eigenvalue weighted by Gasteiger charge is 2.32. The van der Waals surface area contributed by atoms with Gasteiger partial charge in [-0.2, -0.15) is 4.98 Å². The minimum absolute atomic E-state index is 0.0115. The maximum atomic E-state index is 13.0. The van der Waals surface area contributed by atoms with Crippen molar-refractivity contribution in [1.82, 2.24) is 25.3 Å². The molecule has 3 heterocycles. The van der Waals surface area contributed by atoms with Crippen molar-refractivity contribution in [3.63, 3.8) is 0 Å². The second-order valence-corrected chi connectivity index (χ2v) is 7.54. The normalized spacial score (nSPS) is 21.6. The lowest BCUT2D eigenvalue weighted by Crippen LogP contribution is -2.47. The molecule has 1 atom stereocenters. The molecular weight excluding hydrogens is 342 g/mol. The van der Waals surface area contributed by atoms with Crippen LogP contribution in [0.1, 0.15) is 69.7 Å². The fourth-order valence-corrected chi connectivity index (χ4v) is 4.10. The van der Waals surface area contributed by atoms with Gasteiger partial charge in [0.1, 0.15) is 6.04 Å². The van der Waals surface area contributed by atoms with Gasteiger partial charge >= 0.3 is 6.03 Å². The summed E-state index contributed by atoms with van der Waals surface area (Å²) in [6.07, 6.45) is 13.3. The molecule has 2 aliphatic rings. The molecule has 2 amide bonds. The minimum Gasteiger partial charge on any atom is -0.337 e. The topological polar surface area (TPSA) is 84.2 Å². The lowest BCUT2D eigenvalue weighted by molar-refractivity contribution is 0.153. The number of rotatable bonds is 3. The van der Waals surface area contributed by atoms with E-state index in [1.165, 1.54) is 19.3 Å². The Morgan fingerprint density at radius 1 is 1.04 bits per heavy atom. The summed E-state index contributed by atoms with van der Waals surface area (Å²) in [6.45, 7) is 0.732. The van der Waals surface area contributed by atoms with Crippen LogP contribution in [-0.4, -0.2) is 38.6 Å². The average Bonchev–Trinajstić information content (AvgIpc) is 3.07. The number of pyridine rings is 1. The third-order valence-corrected chi connectivity index (χ3v) is 5.61. The van der Waals surface area contributed by atoms with Gasteiger partial charge in [0.15, 0.2) is 0 Å². The molecule has 144 valence electrons. The third kappa shape index (κ3) is 4.28. The van der Waals surface area contributed by atoms with Crippen LogP contribution in [0.4, 0.5) is 4.79 Å². The first-order chi connectivity index (χ1) is 13.3. The van der Waals surface area contributed by atoms with Crippen molar-refractivity contribution in [3.05, 3.63) is 30.4 Å². The van der Waals surface area contributed by atoms with Crippen LogP contribution in [0.15, 0.2) is 29.0 Å². The summed E-state index contributed by atoms with van der Waals surface area (Å²) in [6, 6.07) is 3.87. The number of carbonyl (C=O) groups excluding carboxylic acids is 1. The fraction of sp³-hybridized carbons (Fsp3) is 0.600. The molecule has 0 bridgehead atoms. The van der Waals surface area contributed by atoms with E-state index in [-0.39, 0.29) is 12.1 Å². The fourth-order valence-electron chi connectivity index (χ4n) is 4.10. The molecule has 0 aromatic carbocycles. The molecule has 1 saturated carbocycles. The van der Waals surface area contributed by atoms with Crippen molar-refractivity contribution in [3.8, 4) is 11.4 Å². The molecule has 1 unspecified atom stereocenters. The van der Waals surface area contributed by atoms with Crippen molar-refractivity contribution in [2.24, 2.45) is 0 Å². The van der Waals surface area contributed by atoms with Crippen molar-refractivity contribution in [2.45, 2.75) is 69.9 Å². The lowest BCUT2D eigenvalue weighted by Gasteiger charge is -2.31. The molecule has 1 N–H and O–H groups in total. The average molecular weight is 369 g/mol. The maximum Gasteiger partial charge on any atom is 0.318 e. The monoisotopic (exact) mass is 369 g/mol. The zero-order valence-electron chi connectivity index (χ0n) is 15.6. The number of nitrogens with zero attached hydrogens (tertiary/aromatic N) is 4. The molecule has 1 aliphatic heterocycles. The standard InChI is InChI=1S/C20H27N5O2/c26-20(22-16-7-3-1-4-8-16)25-14-6-2-5-9-17(25)19-23-18(24-27-19)15-10-12-21-13-11-15/h10-13,16-17H,1-9,14H2,(H,22,26). The second-order valence-electron chi connectivity index (χ2n) is 7.54. The van der Waals surface area contributed by atoms with Crippen LogP contribution >= 0.6 is 0 Å². The van der Waals surface area contributed by atoms with Crippen molar-refractivity contribution < 1.29 is 9.32 Å². The van der Waals surface area contributed by atoms with E-state index < -0.39 is 0 Å². The van der Waals surface area contributed by atoms with Gasteiger partial charge in [0.05, 0.1) is 0 Å². The van der Waals surface area contributed by atoms with Crippen molar-refractivity contribution >= 4 is 6.03 Å². The lowest BCUT2D eigenvalue weighted by atomic mass is 9.96. The molecule has 7 nitrogen and oxygen atoms in total. The van der Waals surface area contributed by atoms with Crippen LogP contribution in [-0.2, 0) is 0 Å². The van der Waals surface area contributed by atoms with Crippen LogP contribution < -0.4 is 5.32 Å². The Labute approximate surface area is 159 Å². The van der Waals surface area contributed by atoms with Crippen LogP contribution in [0.5, 0.6) is 0 Å². The smallest absolute Gasteiger partial charge is 0.318 e. The Balaban J connectivity index is 1.51. The molecular formula is C20H27N5O2. The quantitative estimate of drug-likeness (QED) is 0.881. The van der Waals surface area contributed by atoms with Crippen LogP contribution in [0.2, 0.25) is 0 Å². The number of likely N-dealkylation sites (tertiary alicyclic amines) is 1. The number of amides is 2. The second kappa shape index (κ2) is 8.50. The molecule has 1 aliphatic carbocycles. The molecule has 0 spiro atoms. The predicted molar refractivity (Wildman–Crippen MR) is 101 cm³/mol. The van der Waals surface area contributed by atoms with Gasteiger partial charge in [-0.3, -0.25) is 4.98 Å². The van der Waals surface area contributed by atoms with Crippen LogP contribution in [0, 0.1) is 0 Å². The van der Waals surface area contributed by atoms with Crippen LogP contribution in [0.3, 0.4) is 0 Å². The van der Waals surface area contributed by atoms with Gasteiger partial charge in [0.2, 0.25) is 11.7 Å². The highest BCUT2D eigenvalue weighted by atomic mass is 16.5. The van der Waals surface area contributed by atoms with E-state index in [1.807, 2.05) is 17.0 Å². The van der Waals surface area contributed by atoms with Gasteiger partial charge in [-0.05, 0) is 37.8 Å². The van der Waals surface area contributed by atoms with Gasteiger partial charge in [-0.1, -0.05) is 37.3 Å². The van der Waals surface area contributed by atoms with E-state index in [4.69, 9.17) is 4.52 Å².